The molecule has 1 aromatic carbocycles. The summed E-state index contributed by atoms with van der Waals surface area (Å²) in [6.45, 7) is 4.61. The second kappa shape index (κ2) is 4.34. The van der Waals surface area contributed by atoms with Gasteiger partial charge in [-0.25, -0.2) is 0 Å². The van der Waals surface area contributed by atoms with E-state index < -0.39 is 0 Å². The largest absolute Gasteiger partial charge is 0.231 e. The van der Waals surface area contributed by atoms with E-state index in [1.54, 1.807) is 0 Å². The van der Waals surface area contributed by atoms with Crippen molar-refractivity contribution in [3.05, 3.63) is 29.3 Å². The lowest BCUT2D eigenvalue weighted by molar-refractivity contribution is -0.538. The monoisotopic (exact) mass is 263 g/mol. The Morgan fingerprint density at radius 3 is 2.67 bits per heavy atom. The third kappa shape index (κ3) is 1.87. The van der Waals surface area contributed by atoms with Crippen molar-refractivity contribution in [2.45, 2.75) is 51.1 Å². The van der Waals surface area contributed by atoms with E-state index in [1.165, 1.54) is 31.4 Å². The Bertz CT molecular complexity index is 478. The van der Waals surface area contributed by atoms with Gasteiger partial charge in [0.1, 0.15) is 5.54 Å². The van der Waals surface area contributed by atoms with Gasteiger partial charge in [-0.05, 0) is 36.0 Å². The van der Waals surface area contributed by atoms with Crippen LogP contribution in [0.15, 0.2) is 29.4 Å². The summed E-state index contributed by atoms with van der Waals surface area (Å²) in [6.07, 6.45) is 5.02. The smallest absolute Gasteiger partial charge is 0.0858 e. The summed E-state index contributed by atoms with van der Waals surface area (Å²) >= 11 is 5.96. The topological polar surface area (TPSA) is 15.4 Å². The maximum absolute atomic E-state index is 5.96. The Morgan fingerprint density at radius 2 is 2.06 bits per heavy atom. The molecule has 3 rings (SSSR count). The first kappa shape index (κ1) is 12.2. The van der Waals surface area contributed by atoms with Crippen molar-refractivity contribution in [1.29, 1.82) is 0 Å². The summed E-state index contributed by atoms with van der Waals surface area (Å²) in [6, 6.07) is 8.66. The molecule has 0 amide bonds. The van der Waals surface area contributed by atoms with Gasteiger partial charge in [-0.1, -0.05) is 30.1 Å². The zero-order valence-corrected chi connectivity index (χ0v) is 11.8. The SMILES string of the molecule is CC(C)[C@]12CCC[C@H](C1)[N+](c1ccc(Cl)cc1)=N2. The highest BCUT2D eigenvalue weighted by Gasteiger charge is 2.52. The first-order valence-corrected chi connectivity index (χ1v) is 7.26. The summed E-state index contributed by atoms with van der Waals surface area (Å²) in [5.74, 6) is 0.623. The maximum atomic E-state index is 5.96. The molecule has 18 heavy (non-hydrogen) atoms. The second-order valence-electron chi connectivity index (χ2n) is 5.93. The van der Waals surface area contributed by atoms with Gasteiger partial charge in [0.15, 0.2) is 6.04 Å². The van der Waals surface area contributed by atoms with Crippen molar-refractivity contribution >= 4 is 17.3 Å². The van der Waals surface area contributed by atoms with Crippen LogP contribution in [0.5, 0.6) is 0 Å². The van der Waals surface area contributed by atoms with Crippen molar-refractivity contribution in [3.8, 4) is 0 Å². The van der Waals surface area contributed by atoms with Gasteiger partial charge in [-0.15, -0.1) is 0 Å². The molecule has 1 aliphatic carbocycles. The van der Waals surface area contributed by atoms with Gasteiger partial charge in [0, 0.05) is 30.0 Å². The van der Waals surface area contributed by atoms with Crippen LogP contribution in [0.25, 0.3) is 0 Å². The molecule has 2 nitrogen and oxygen atoms in total. The molecule has 1 heterocycles. The number of benzene rings is 1. The number of halogens is 1. The minimum atomic E-state index is 0.183. The highest BCUT2D eigenvalue weighted by atomic mass is 35.5. The summed E-state index contributed by atoms with van der Waals surface area (Å²) < 4.78 is 2.25. The predicted octanol–water partition coefficient (Wildman–Crippen LogP) is 4.79. The highest BCUT2D eigenvalue weighted by Crippen LogP contribution is 2.45. The van der Waals surface area contributed by atoms with E-state index in [-0.39, 0.29) is 5.54 Å². The van der Waals surface area contributed by atoms with Gasteiger partial charge < -0.3 is 0 Å². The number of hydrogen-bond donors (Lipinski definition) is 0. The van der Waals surface area contributed by atoms with Crippen LogP contribution in [-0.4, -0.2) is 16.3 Å². The Labute approximate surface area is 114 Å². The van der Waals surface area contributed by atoms with Crippen molar-refractivity contribution in [3.63, 3.8) is 0 Å². The van der Waals surface area contributed by atoms with Crippen molar-refractivity contribution < 1.29 is 4.70 Å². The van der Waals surface area contributed by atoms with Crippen LogP contribution in [0.2, 0.25) is 5.02 Å². The minimum Gasteiger partial charge on any atom is -0.0858 e. The van der Waals surface area contributed by atoms with Crippen molar-refractivity contribution in [2.24, 2.45) is 11.0 Å². The number of hydrogen-bond acceptors (Lipinski definition) is 1. The fraction of sp³-hybridized carbons (Fsp3) is 0.600. The van der Waals surface area contributed by atoms with E-state index in [0.29, 0.717) is 12.0 Å². The van der Waals surface area contributed by atoms with E-state index >= 15 is 0 Å². The normalized spacial score (nSPS) is 30.7. The lowest BCUT2D eigenvalue weighted by Gasteiger charge is -2.28. The Morgan fingerprint density at radius 1 is 1.33 bits per heavy atom. The fourth-order valence-corrected chi connectivity index (χ4v) is 3.48. The van der Waals surface area contributed by atoms with Crippen molar-refractivity contribution in [1.82, 2.24) is 0 Å². The van der Waals surface area contributed by atoms with Gasteiger partial charge in [0.2, 0.25) is 5.69 Å². The Kier molecular flexibility index (Phi) is 2.93. The molecule has 96 valence electrons. The molecule has 1 aromatic rings. The third-order valence-electron chi connectivity index (χ3n) is 4.55. The maximum Gasteiger partial charge on any atom is 0.231 e. The molecule has 1 saturated carbocycles. The third-order valence-corrected chi connectivity index (χ3v) is 4.81. The fourth-order valence-electron chi connectivity index (χ4n) is 3.35. The van der Waals surface area contributed by atoms with Crippen molar-refractivity contribution in [2.75, 3.05) is 0 Å². The number of nitrogens with zero attached hydrogens (tertiary/aromatic N) is 2. The molecule has 1 aliphatic heterocycles. The van der Waals surface area contributed by atoms with Gasteiger partial charge in [-0.3, -0.25) is 0 Å². The van der Waals surface area contributed by atoms with Crippen LogP contribution in [0.4, 0.5) is 5.69 Å². The molecule has 0 saturated heterocycles. The first-order chi connectivity index (χ1) is 8.61. The Hall–Kier alpha value is -0.890. The number of fused-ring (bicyclic) bond motifs is 2. The first-order valence-electron chi connectivity index (χ1n) is 6.88. The summed E-state index contributed by atoms with van der Waals surface area (Å²) in [7, 11) is 0. The van der Waals surface area contributed by atoms with Crippen LogP contribution < -0.4 is 0 Å². The summed E-state index contributed by atoms with van der Waals surface area (Å²) in [5.41, 5.74) is 1.37. The lowest BCUT2D eigenvalue weighted by atomic mass is 9.74. The molecule has 2 bridgehead atoms. The molecular formula is C15H20ClN2+. The second-order valence-corrected chi connectivity index (χ2v) is 6.37. The van der Waals surface area contributed by atoms with Crippen LogP contribution >= 0.6 is 11.6 Å². The van der Waals surface area contributed by atoms with E-state index in [4.69, 9.17) is 16.7 Å². The molecule has 3 heteroatoms. The summed E-state index contributed by atoms with van der Waals surface area (Å²) in [4.78, 5) is 0. The van der Waals surface area contributed by atoms with Gasteiger partial charge in [-0.2, -0.15) is 0 Å². The van der Waals surface area contributed by atoms with E-state index in [0.717, 1.165) is 5.02 Å². The summed E-state index contributed by atoms with van der Waals surface area (Å²) in [5, 5.41) is 5.86. The molecule has 0 N–H and O–H groups in total. The van der Waals surface area contributed by atoms with Crippen LogP contribution in [0.3, 0.4) is 0 Å². The molecule has 0 unspecified atom stereocenters. The zero-order chi connectivity index (χ0) is 12.8. The molecule has 2 atom stereocenters. The zero-order valence-electron chi connectivity index (χ0n) is 11.1. The minimum absolute atomic E-state index is 0.183. The molecule has 0 radical (unpaired) electrons. The number of azo groups is 2. The molecule has 2 aliphatic rings. The molecule has 0 aromatic heterocycles. The Balaban J connectivity index is 1.99. The molecular weight excluding hydrogens is 244 g/mol. The predicted molar refractivity (Wildman–Crippen MR) is 73.6 cm³/mol. The lowest BCUT2D eigenvalue weighted by Crippen LogP contribution is -2.35. The molecule has 0 spiro atoms. The molecule has 1 fully saturated rings. The van der Waals surface area contributed by atoms with Gasteiger partial charge in [0.25, 0.3) is 0 Å². The van der Waals surface area contributed by atoms with E-state index in [2.05, 4.69) is 30.7 Å². The quantitative estimate of drug-likeness (QED) is 0.682. The van der Waals surface area contributed by atoms with Gasteiger partial charge >= 0.3 is 0 Å². The number of rotatable bonds is 2. The van der Waals surface area contributed by atoms with Crippen LogP contribution in [0.1, 0.15) is 39.5 Å². The standard InChI is InChI=1S/C15H20ClN2/c1-11(2)15-9-3-4-14(10-15)18(17-15)13-7-5-12(16)6-8-13/h5-8,11,14H,3-4,9-10H2,1-2H3/q+1/t14-,15+/m1/s1. The average molecular weight is 264 g/mol. The average Bonchev–Trinajstić information content (AvgIpc) is 2.63. The highest BCUT2D eigenvalue weighted by molar-refractivity contribution is 6.30. The van der Waals surface area contributed by atoms with Crippen LogP contribution in [0, 0.1) is 5.92 Å². The van der Waals surface area contributed by atoms with Gasteiger partial charge in [0.05, 0.1) is 0 Å². The van der Waals surface area contributed by atoms with E-state index in [1.807, 2.05) is 12.1 Å². The van der Waals surface area contributed by atoms with Crippen LogP contribution in [-0.2, 0) is 0 Å². The van der Waals surface area contributed by atoms with E-state index in [9.17, 15) is 0 Å².